The lowest BCUT2D eigenvalue weighted by Crippen LogP contribution is -2.45. The van der Waals surface area contributed by atoms with Gasteiger partial charge in [-0.1, -0.05) is 244 Å². The molecular formula is C53H103NO5. The molecule has 2 atom stereocenters. The first-order valence-corrected chi connectivity index (χ1v) is 26.4. The van der Waals surface area contributed by atoms with Gasteiger partial charge in [-0.15, -0.1) is 0 Å². The van der Waals surface area contributed by atoms with E-state index in [-0.39, 0.29) is 18.5 Å². The van der Waals surface area contributed by atoms with Gasteiger partial charge >= 0.3 is 5.97 Å². The number of amides is 1. The van der Waals surface area contributed by atoms with Gasteiger partial charge in [0.2, 0.25) is 5.91 Å². The number of esters is 1. The minimum atomic E-state index is -0.676. The molecule has 0 aliphatic rings. The average molecular weight is 834 g/mol. The first-order valence-electron chi connectivity index (χ1n) is 26.4. The summed E-state index contributed by atoms with van der Waals surface area (Å²) < 4.78 is 5.43. The van der Waals surface area contributed by atoms with E-state index in [1.54, 1.807) is 0 Å². The molecule has 0 heterocycles. The smallest absolute Gasteiger partial charge is 0.305 e. The molecule has 0 bridgehead atoms. The third-order valence-corrected chi connectivity index (χ3v) is 12.3. The van der Waals surface area contributed by atoms with Crippen LogP contribution in [0.4, 0.5) is 0 Å². The van der Waals surface area contributed by atoms with E-state index in [2.05, 4.69) is 31.3 Å². The highest BCUT2D eigenvalue weighted by Gasteiger charge is 2.20. The molecule has 59 heavy (non-hydrogen) atoms. The molecule has 0 fully saturated rings. The second kappa shape index (κ2) is 49.3. The van der Waals surface area contributed by atoms with Crippen molar-refractivity contribution in [2.75, 3.05) is 13.2 Å². The van der Waals surface area contributed by atoms with Gasteiger partial charge < -0.3 is 20.3 Å². The Labute approximate surface area is 368 Å². The number of carbonyl (C=O) groups excluding carboxylic acids is 2. The van der Waals surface area contributed by atoms with Gasteiger partial charge in [0, 0.05) is 12.8 Å². The van der Waals surface area contributed by atoms with Crippen LogP contribution in [0.1, 0.15) is 290 Å². The predicted molar refractivity (Wildman–Crippen MR) is 255 cm³/mol. The fraction of sp³-hybridized carbons (Fsp3) is 0.925. The number of rotatable bonds is 49. The Hall–Kier alpha value is -1.40. The largest absolute Gasteiger partial charge is 0.466 e. The molecule has 6 nitrogen and oxygen atoms in total. The number of hydrogen-bond acceptors (Lipinski definition) is 5. The number of allylic oxidation sites excluding steroid dienone is 2. The number of hydrogen-bond donors (Lipinski definition) is 3. The maximum atomic E-state index is 12.5. The molecule has 0 saturated carbocycles. The monoisotopic (exact) mass is 834 g/mol. The number of aliphatic hydroxyl groups is 2. The van der Waals surface area contributed by atoms with Crippen molar-refractivity contribution >= 4 is 11.9 Å². The number of nitrogens with one attached hydrogen (secondary N) is 1. The van der Waals surface area contributed by atoms with Crippen LogP contribution >= 0.6 is 0 Å². The average Bonchev–Trinajstić information content (AvgIpc) is 3.24. The van der Waals surface area contributed by atoms with Crippen LogP contribution in [0.5, 0.6) is 0 Å². The lowest BCUT2D eigenvalue weighted by molar-refractivity contribution is -0.143. The van der Waals surface area contributed by atoms with E-state index in [4.69, 9.17) is 4.74 Å². The Morgan fingerprint density at radius 2 is 0.814 bits per heavy atom. The van der Waals surface area contributed by atoms with Crippen molar-refractivity contribution in [1.82, 2.24) is 5.32 Å². The van der Waals surface area contributed by atoms with Crippen molar-refractivity contribution < 1.29 is 24.5 Å². The molecule has 0 aromatic heterocycles. The molecule has 3 N–H and O–H groups in total. The van der Waals surface area contributed by atoms with Crippen LogP contribution in [0.25, 0.3) is 0 Å². The molecule has 0 aliphatic carbocycles. The van der Waals surface area contributed by atoms with E-state index < -0.39 is 12.1 Å². The molecule has 0 radical (unpaired) electrons. The summed E-state index contributed by atoms with van der Waals surface area (Å²) in [7, 11) is 0. The topological polar surface area (TPSA) is 95.9 Å². The Bertz CT molecular complexity index is 878. The van der Waals surface area contributed by atoms with Crippen LogP contribution in [0.3, 0.4) is 0 Å². The first kappa shape index (κ1) is 57.6. The Balaban J connectivity index is 3.47. The maximum Gasteiger partial charge on any atom is 0.305 e. The minimum absolute atomic E-state index is 0.0240. The van der Waals surface area contributed by atoms with Crippen molar-refractivity contribution in [1.29, 1.82) is 0 Å². The Morgan fingerprint density at radius 1 is 0.458 bits per heavy atom. The Kier molecular flexibility index (Phi) is 48.1. The standard InChI is InChI=1S/C53H103NO5/c1-3-5-7-9-11-13-15-16-17-18-19-20-21-22-23-26-29-33-37-41-45-51(56)50(49-55)54-52(57)46-42-38-34-30-27-24-28-32-36-40-44-48-59-53(58)47-43-39-35-31-25-14-12-10-8-6-4-2/h10,12,50-51,55-56H,3-9,11,13-49H2,1-2H3,(H,54,57)/b12-10-. The van der Waals surface area contributed by atoms with Gasteiger partial charge in [0.15, 0.2) is 0 Å². The molecule has 0 saturated heterocycles. The minimum Gasteiger partial charge on any atom is -0.466 e. The van der Waals surface area contributed by atoms with Gasteiger partial charge in [0.05, 0.1) is 25.4 Å². The number of ether oxygens (including phenoxy) is 1. The molecule has 0 aromatic carbocycles. The van der Waals surface area contributed by atoms with Gasteiger partial charge in [0.1, 0.15) is 0 Å². The van der Waals surface area contributed by atoms with Crippen LogP contribution < -0.4 is 5.32 Å². The van der Waals surface area contributed by atoms with Gasteiger partial charge in [-0.2, -0.15) is 0 Å². The summed E-state index contributed by atoms with van der Waals surface area (Å²) in [5, 5.41) is 23.3. The van der Waals surface area contributed by atoms with E-state index in [0.29, 0.717) is 25.9 Å². The van der Waals surface area contributed by atoms with Crippen molar-refractivity contribution in [3.8, 4) is 0 Å². The van der Waals surface area contributed by atoms with Crippen molar-refractivity contribution in [2.24, 2.45) is 0 Å². The fourth-order valence-corrected chi connectivity index (χ4v) is 8.21. The lowest BCUT2D eigenvalue weighted by atomic mass is 10.0. The van der Waals surface area contributed by atoms with Gasteiger partial charge in [-0.25, -0.2) is 0 Å². The molecular weight excluding hydrogens is 731 g/mol. The summed E-state index contributed by atoms with van der Waals surface area (Å²) in [4.78, 5) is 24.4. The normalized spacial score (nSPS) is 12.7. The molecule has 0 aromatic rings. The third kappa shape index (κ3) is 45.9. The Morgan fingerprint density at radius 3 is 1.25 bits per heavy atom. The fourth-order valence-electron chi connectivity index (χ4n) is 8.21. The summed E-state index contributed by atoms with van der Waals surface area (Å²) in [6.07, 6.45) is 56.1. The molecule has 6 heteroatoms. The van der Waals surface area contributed by atoms with Crippen molar-refractivity contribution in [3.05, 3.63) is 12.2 Å². The maximum absolute atomic E-state index is 12.5. The second-order valence-electron chi connectivity index (χ2n) is 18.2. The van der Waals surface area contributed by atoms with Crippen LogP contribution in [0.2, 0.25) is 0 Å². The third-order valence-electron chi connectivity index (χ3n) is 12.3. The lowest BCUT2D eigenvalue weighted by Gasteiger charge is -2.22. The zero-order chi connectivity index (χ0) is 43.0. The zero-order valence-corrected chi connectivity index (χ0v) is 39.7. The second-order valence-corrected chi connectivity index (χ2v) is 18.2. The van der Waals surface area contributed by atoms with Crippen LogP contribution in [-0.2, 0) is 14.3 Å². The van der Waals surface area contributed by atoms with E-state index >= 15 is 0 Å². The van der Waals surface area contributed by atoms with Crippen molar-refractivity contribution in [2.45, 2.75) is 302 Å². The molecule has 0 rings (SSSR count). The van der Waals surface area contributed by atoms with E-state index in [1.165, 1.54) is 199 Å². The summed E-state index contributed by atoms with van der Waals surface area (Å²) >= 11 is 0. The van der Waals surface area contributed by atoms with Gasteiger partial charge in [-0.05, 0) is 44.9 Å². The predicted octanol–water partition coefficient (Wildman–Crippen LogP) is 15.7. The van der Waals surface area contributed by atoms with Gasteiger partial charge in [0.25, 0.3) is 0 Å². The molecule has 2 unspecified atom stereocenters. The van der Waals surface area contributed by atoms with E-state index in [0.717, 1.165) is 57.8 Å². The van der Waals surface area contributed by atoms with Crippen molar-refractivity contribution in [3.63, 3.8) is 0 Å². The summed E-state index contributed by atoms with van der Waals surface area (Å²) in [6.45, 7) is 4.88. The number of unbranched alkanes of at least 4 members (excludes halogenated alkanes) is 36. The number of carbonyl (C=O) groups is 2. The van der Waals surface area contributed by atoms with E-state index in [9.17, 15) is 19.8 Å². The molecule has 0 spiro atoms. The van der Waals surface area contributed by atoms with Gasteiger partial charge in [-0.3, -0.25) is 9.59 Å². The van der Waals surface area contributed by atoms with Crippen LogP contribution in [0, 0.1) is 0 Å². The van der Waals surface area contributed by atoms with Crippen LogP contribution in [0.15, 0.2) is 12.2 Å². The summed E-state index contributed by atoms with van der Waals surface area (Å²) in [5.41, 5.74) is 0. The summed E-state index contributed by atoms with van der Waals surface area (Å²) in [5.74, 6) is -0.0759. The van der Waals surface area contributed by atoms with E-state index in [1.807, 2.05) is 0 Å². The number of aliphatic hydroxyl groups excluding tert-OH is 2. The van der Waals surface area contributed by atoms with Crippen LogP contribution in [-0.4, -0.2) is 47.4 Å². The quantitative estimate of drug-likeness (QED) is 0.0322. The molecule has 0 aliphatic heterocycles. The molecule has 350 valence electrons. The highest BCUT2D eigenvalue weighted by Crippen LogP contribution is 2.17. The zero-order valence-electron chi connectivity index (χ0n) is 39.7. The highest BCUT2D eigenvalue weighted by atomic mass is 16.5. The summed E-state index contributed by atoms with van der Waals surface area (Å²) in [6, 6.07) is -0.555. The molecule has 1 amide bonds. The SMILES string of the molecule is CCCC/C=C\CCCCCCCC(=O)OCCCCCCCCCCCCCC(=O)NC(CO)C(O)CCCCCCCCCCCCCCCCCCCCCC. The highest BCUT2D eigenvalue weighted by molar-refractivity contribution is 5.76. The first-order chi connectivity index (χ1) is 29.0.